The van der Waals surface area contributed by atoms with E-state index in [9.17, 15) is 9.59 Å². The molecular formula is C20H24N2O3. The largest absolute Gasteiger partial charge is 0.494 e. The van der Waals surface area contributed by atoms with E-state index in [1.165, 1.54) is 4.90 Å². The number of carbonyl (C=O) groups excluding carboxylic acids is 2. The molecule has 0 unspecified atom stereocenters. The van der Waals surface area contributed by atoms with Crippen LogP contribution in [0.5, 0.6) is 5.75 Å². The first-order chi connectivity index (χ1) is 12.0. The molecule has 0 aliphatic rings. The van der Waals surface area contributed by atoms with Gasteiger partial charge < -0.3 is 15.0 Å². The van der Waals surface area contributed by atoms with Gasteiger partial charge in [0.25, 0.3) is 0 Å². The lowest BCUT2D eigenvalue weighted by Gasteiger charge is -2.17. The molecule has 2 amide bonds. The molecule has 0 fully saturated rings. The van der Waals surface area contributed by atoms with Crippen molar-refractivity contribution < 1.29 is 14.3 Å². The van der Waals surface area contributed by atoms with E-state index >= 15 is 0 Å². The summed E-state index contributed by atoms with van der Waals surface area (Å²) in [4.78, 5) is 25.8. The van der Waals surface area contributed by atoms with Gasteiger partial charge in [-0.25, -0.2) is 0 Å². The number of nitrogens with one attached hydrogen (secondary N) is 1. The zero-order valence-electron chi connectivity index (χ0n) is 14.9. The van der Waals surface area contributed by atoms with Crippen molar-refractivity contribution in [2.24, 2.45) is 0 Å². The molecule has 2 rings (SSSR count). The number of benzene rings is 2. The van der Waals surface area contributed by atoms with Gasteiger partial charge in [0.15, 0.2) is 0 Å². The standard InChI is InChI=1S/C20H24N2O3/c1-4-25-18-11-7-16(8-12-18)13-20(24)22(3)14-19(23)21-17-9-5-15(2)6-10-17/h5-12H,4,13-14H2,1-3H3,(H,21,23). The molecule has 2 aromatic carbocycles. The summed E-state index contributed by atoms with van der Waals surface area (Å²) >= 11 is 0. The summed E-state index contributed by atoms with van der Waals surface area (Å²) < 4.78 is 5.38. The third-order valence-corrected chi connectivity index (χ3v) is 3.73. The van der Waals surface area contributed by atoms with Gasteiger partial charge in [0, 0.05) is 12.7 Å². The summed E-state index contributed by atoms with van der Waals surface area (Å²) in [6, 6.07) is 15.0. The fourth-order valence-corrected chi connectivity index (χ4v) is 2.32. The molecule has 0 aromatic heterocycles. The molecular weight excluding hydrogens is 316 g/mol. The van der Waals surface area contributed by atoms with Crippen LogP contribution in [0.2, 0.25) is 0 Å². The van der Waals surface area contributed by atoms with Crippen LogP contribution in [-0.2, 0) is 16.0 Å². The molecule has 0 aliphatic carbocycles. The fraction of sp³-hybridized carbons (Fsp3) is 0.300. The molecule has 25 heavy (non-hydrogen) atoms. The van der Waals surface area contributed by atoms with Gasteiger partial charge in [-0.05, 0) is 43.7 Å². The van der Waals surface area contributed by atoms with E-state index in [0.717, 1.165) is 22.6 Å². The highest BCUT2D eigenvalue weighted by molar-refractivity contribution is 5.94. The van der Waals surface area contributed by atoms with E-state index in [2.05, 4.69) is 5.32 Å². The molecule has 0 atom stereocenters. The van der Waals surface area contributed by atoms with Gasteiger partial charge in [-0.15, -0.1) is 0 Å². The average molecular weight is 340 g/mol. The van der Waals surface area contributed by atoms with Crippen LogP contribution in [0.3, 0.4) is 0 Å². The third-order valence-electron chi connectivity index (χ3n) is 3.73. The van der Waals surface area contributed by atoms with Crippen molar-refractivity contribution in [3.8, 4) is 5.75 Å². The maximum Gasteiger partial charge on any atom is 0.243 e. The molecule has 0 radical (unpaired) electrons. The van der Waals surface area contributed by atoms with Crippen LogP contribution >= 0.6 is 0 Å². The number of hydrogen-bond donors (Lipinski definition) is 1. The van der Waals surface area contributed by atoms with Gasteiger partial charge in [-0.1, -0.05) is 29.8 Å². The molecule has 0 bridgehead atoms. The van der Waals surface area contributed by atoms with E-state index in [4.69, 9.17) is 4.74 Å². The molecule has 0 aliphatic heterocycles. The maximum absolute atomic E-state index is 12.3. The number of rotatable bonds is 7. The normalized spacial score (nSPS) is 10.2. The fourth-order valence-electron chi connectivity index (χ4n) is 2.32. The van der Waals surface area contributed by atoms with E-state index in [1.54, 1.807) is 7.05 Å². The van der Waals surface area contributed by atoms with Crippen LogP contribution in [-0.4, -0.2) is 36.9 Å². The molecule has 0 spiro atoms. The minimum atomic E-state index is -0.216. The van der Waals surface area contributed by atoms with Crippen molar-refractivity contribution in [3.63, 3.8) is 0 Å². The molecule has 5 nitrogen and oxygen atoms in total. The number of nitrogens with zero attached hydrogens (tertiary/aromatic N) is 1. The molecule has 1 N–H and O–H groups in total. The molecule has 0 saturated carbocycles. The SMILES string of the molecule is CCOc1ccc(CC(=O)N(C)CC(=O)Nc2ccc(C)cc2)cc1. The molecule has 132 valence electrons. The second-order valence-corrected chi connectivity index (χ2v) is 5.92. The Morgan fingerprint density at radius 1 is 1.04 bits per heavy atom. The second kappa shape index (κ2) is 8.87. The van der Waals surface area contributed by atoms with Gasteiger partial charge >= 0.3 is 0 Å². The molecule has 5 heteroatoms. The smallest absolute Gasteiger partial charge is 0.243 e. The van der Waals surface area contributed by atoms with Gasteiger partial charge in [0.05, 0.1) is 19.6 Å². The van der Waals surface area contributed by atoms with E-state index in [0.29, 0.717) is 6.61 Å². The molecule has 2 aromatic rings. The van der Waals surface area contributed by atoms with Gasteiger partial charge in [0.1, 0.15) is 5.75 Å². The number of hydrogen-bond acceptors (Lipinski definition) is 3. The highest BCUT2D eigenvalue weighted by Crippen LogP contribution is 2.13. The summed E-state index contributed by atoms with van der Waals surface area (Å²) in [5.74, 6) is 0.458. The lowest BCUT2D eigenvalue weighted by Crippen LogP contribution is -2.35. The number of likely N-dealkylation sites (N-methyl/N-ethyl adjacent to an activating group) is 1. The zero-order valence-corrected chi connectivity index (χ0v) is 14.9. The number of aryl methyl sites for hydroxylation is 1. The molecule has 0 saturated heterocycles. The van der Waals surface area contributed by atoms with E-state index in [-0.39, 0.29) is 24.8 Å². The first-order valence-corrected chi connectivity index (χ1v) is 8.30. The zero-order chi connectivity index (χ0) is 18.2. The van der Waals surface area contributed by atoms with Crippen molar-refractivity contribution in [3.05, 3.63) is 59.7 Å². The topological polar surface area (TPSA) is 58.6 Å². The third kappa shape index (κ3) is 5.95. The van der Waals surface area contributed by atoms with Crippen LogP contribution in [0.25, 0.3) is 0 Å². The quantitative estimate of drug-likeness (QED) is 0.843. The van der Waals surface area contributed by atoms with Crippen LogP contribution < -0.4 is 10.1 Å². The summed E-state index contributed by atoms with van der Waals surface area (Å²) in [6.45, 7) is 4.54. The summed E-state index contributed by atoms with van der Waals surface area (Å²) in [7, 11) is 1.63. The second-order valence-electron chi connectivity index (χ2n) is 5.92. The van der Waals surface area contributed by atoms with Crippen molar-refractivity contribution in [1.29, 1.82) is 0 Å². The van der Waals surface area contributed by atoms with Crippen molar-refractivity contribution in [2.45, 2.75) is 20.3 Å². The van der Waals surface area contributed by atoms with Gasteiger partial charge in [-0.3, -0.25) is 9.59 Å². The highest BCUT2D eigenvalue weighted by Gasteiger charge is 2.13. The Kier molecular flexibility index (Phi) is 6.57. The predicted octanol–water partition coefficient (Wildman–Crippen LogP) is 3.03. The maximum atomic E-state index is 12.3. The number of amides is 2. The number of ether oxygens (including phenoxy) is 1. The Bertz CT molecular complexity index is 709. The Labute approximate surface area is 148 Å². The van der Waals surface area contributed by atoms with E-state index < -0.39 is 0 Å². The van der Waals surface area contributed by atoms with Gasteiger partial charge in [-0.2, -0.15) is 0 Å². The minimum absolute atomic E-state index is 0.0176. The first-order valence-electron chi connectivity index (χ1n) is 8.30. The monoisotopic (exact) mass is 340 g/mol. The first kappa shape index (κ1) is 18.5. The summed E-state index contributed by atoms with van der Waals surface area (Å²) in [5.41, 5.74) is 2.74. The summed E-state index contributed by atoms with van der Waals surface area (Å²) in [6.07, 6.45) is 0.251. The minimum Gasteiger partial charge on any atom is -0.494 e. The van der Waals surface area contributed by atoms with Crippen LogP contribution in [0.4, 0.5) is 5.69 Å². The Morgan fingerprint density at radius 3 is 2.28 bits per heavy atom. The highest BCUT2D eigenvalue weighted by atomic mass is 16.5. The Morgan fingerprint density at radius 2 is 1.68 bits per heavy atom. The Hall–Kier alpha value is -2.82. The summed E-state index contributed by atoms with van der Waals surface area (Å²) in [5, 5.41) is 2.79. The lowest BCUT2D eigenvalue weighted by molar-refractivity contribution is -0.132. The predicted molar refractivity (Wildman–Crippen MR) is 98.8 cm³/mol. The molecule has 0 heterocycles. The van der Waals surface area contributed by atoms with Crippen LogP contribution in [0.1, 0.15) is 18.1 Å². The number of anilines is 1. The Balaban J connectivity index is 1.84. The van der Waals surface area contributed by atoms with Crippen molar-refractivity contribution in [2.75, 3.05) is 25.5 Å². The van der Waals surface area contributed by atoms with E-state index in [1.807, 2.05) is 62.4 Å². The van der Waals surface area contributed by atoms with Gasteiger partial charge in [0.2, 0.25) is 11.8 Å². The van der Waals surface area contributed by atoms with Crippen molar-refractivity contribution in [1.82, 2.24) is 4.90 Å². The van der Waals surface area contributed by atoms with Crippen LogP contribution in [0, 0.1) is 6.92 Å². The van der Waals surface area contributed by atoms with Crippen molar-refractivity contribution >= 4 is 17.5 Å². The number of carbonyl (C=O) groups is 2. The average Bonchev–Trinajstić information content (AvgIpc) is 2.59. The lowest BCUT2D eigenvalue weighted by atomic mass is 10.1. The van der Waals surface area contributed by atoms with Crippen LogP contribution in [0.15, 0.2) is 48.5 Å².